The molecular weight excluding hydrogens is 244 g/mol. The zero-order valence-electron chi connectivity index (χ0n) is 11.1. The van der Waals surface area contributed by atoms with E-state index in [-0.39, 0.29) is 5.84 Å². The molecule has 1 fully saturated rings. The van der Waals surface area contributed by atoms with Crippen molar-refractivity contribution in [3.05, 3.63) is 29.6 Å². The highest BCUT2D eigenvalue weighted by molar-refractivity contribution is 5.95. The fraction of sp³-hybridized carbons (Fsp3) is 0.538. The van der Waals surface area contributed by atoms with E-state index < -0.39 is 0 Å². The number of amidine groups is 1. The third kappa shape index (κ3) is 3.65. The Balaban J connectivity index is 2.02. The summed E-state index contributed by atoms with van der Waals surface area (Å²) in [5.41, 5.74) is 7.15. The van der Waals surface area contributed by atoms with E-state index in [0.29, 0.717) is 11.7 Å². The van der Waals surface area contributed by atoms with Gasteiger partial charge in [-0.25, -0.2) is 0 Å². The van der Waals surface area contributed by atoms with Crippen LogP contribution in [0.3, 0.4) is 0 Å². The van der Waals surface area contributed by atoms with E-state index in [9.17, 15) is 0 Å². The van der Waals surface area contributed by atoms with Gasteiger partial charge in [-0.15, -0.1) is 0 Å². The Morgan fingerprint density at radius 1 is 1.58 bits per heavy atom. The molecule has 1 aliphatic heterocycles. The van der Waals surface area contributed by atoms with Crippen LogP contribution < -0.4 is 5.73 Å². The van der Waals surface area contributed by atoms with Crippen molar-refractivity contribution in [3.8, 4) is 0 Å². The minimum Gasteiger partial charge on any atom is -0.409 e. The Hall–Kier alpha value is -1.66. The fourth-order valence-corrected chi connectivity index (χ4v) is 2.31. The molecular formula is C13H20N4O2. The number of oxime groups is 1. The molecule has 0 bridgehead atoms. The smallest absolute Gasteiger partial charge is 0.188 e. The summed E-state index contributed by atoms with van der Waals surface area (Å²) in [5.74, 6) is 0.0376. The lowest BCUT2D eigenvalue weighted by atomic mass is 10.1. The molecule has 0 spiro atoms. The average Bonchev–Trinajstić information content (AvgIpc) is 2.47. The standard InChI is InChI=1S/C13H20N4O2/c1-17(11-3-6-19-7-4-11)9-10-2-5-15-12(8-10)13(14)16-18/h2,5,8,11,18H,3-4,6-7,9H2,1H3,(H2,14,16). The SMILES string of the molecule is CN(Cc1ccnc(C(N)=NO)c1)C1CCOCC1. The maximum atomic E-state index is 8.66. The summed E-state index contributed by atoms with van der Waals surface area (Å²) in [7, 11) is 2.11. The predicted molar refractivity (Wildman–Crippen MR) is 72.1 cm³/mol. The molecule has 1 saturated heterocycles. The van der Waals surface area contributed by atoms with Gasteiger partial charge in [0.2, 0.25) is 0 Å². The number of hydrogen-bond donors (Lipinski definition) is 2. The number of hydrogen-bond acceptors (Lipinski definition) is 5. The van der Waals surface area contributed by atoms with Crippen molar-refractivity contribution < 1.29 is 9.94 Å². The molecule has 2 rings (SSSR count). The number of ether oxygens (including phenoxy) is 1. The number of nitrogens with two attached hydrogens (primary N) is 1. The van der Waals surface area contributed by atoms with Crippen molar-refractivity contribution in [2.45, 2.75) is 25.4 Å². The second-order valence-corrected chi connectivity index (χ2v) is 4.79. The molecule has 0 atom stereocenters. The topological polar surface area (TPSA) is 84.0 Å². The molecule has 0 saturated carbocycles. The predicted octanol–water partition coefficient (Wildman–Crippen LogP) is 0.787. The van der Waals surface area contributed by atoms with Gasteiger partial charge in [-0.3, -0.25) is 9.88 Å². The van der Waals surface area contributed by atoms with Gasteiger partial charge >= 0.3 is 0 Å². The first-order valence-electron chi connectivity index (χ1n) is 6.41. The molecule has 0 aliphatic carbocycles. The maximum absolute atomic E-state index is 8.66. The normalized spacial score (nSPS) is 17.9. The van der Waals surface area contributed by atoms with Gasteiger partial charge in [0, 0.05) is 32.0 Å². The molecule has 6 nitrogen and oxygen atoms in total. The highest BCUT2D eigenvalue weighted by atomic mass is 16.5. The van der Waals surface area contributed by atoms with Crippen molar-refractivity contribution in [2.24, 2.45) is 10.9 Å². The van der Waals surface area contributed by atoms with Gasteiger partial charge in [0.1, 0.15) is 5.69 Å². The van der Waals surface area contributed by atoms with Crippen LogP contribution in [-0.4, -0.2) is 47.2 Å². The van der Waals surface area contributed by atoms with E-state index in [1.165, 1.54) is 0 Å². The van der Waals surface area contributed by atoms with E-state index >= 15 is 0 Å². The molecule has 1 aliphatic rings. The fourth-order valence-electron chi connectivity index (χ4n) is 2.31. The quantitative estimate of drug-likeness (QED) is 0.363. The highest BCUT2D eigenvalue weighted by Crippen LogP contribution is 2.15. The molecule has 1 aromatic heterocycles. The third-order valence-electron chi connectivity index (χ3n) is 3.44. The zero-order valence-corrected chi connectivity index (χ0v) is 11.1. The summed E-state index contributed by atoms with van der Waals surface area (Å²) in [6, 6.07) is 4.35. The Bertz CT molecular complexity index is 444. The van der Waals surface area contributed by atoms with Crippen molar-refractivity contribution in [3.63, 3.8) is 0 Å². The van der Waals surface area contributed by atoms with E-state index in [1.54, 1.807) is 6.20 Å². The summed E-state index contributed by atoms with van der Waals surface area (Å²) < 4.78 is 5.37. The second-order valence-electron chi connectivity index (χ2n) is 4.79. The molecule has 0 aromatic carbocycles. The van der Waals surface area contributed by atoms with Crippen molar-refractivity contribution in [1.29, 1.82) is 0 Å². The first-order valence-corrected chi connectivity index (χ1v) is 6.41. The number of aromatic nitrogens is 1. The van der Waals surface area contributed by atoms with Crippen LogP contribution in [0.25, 0.3) is 0 Å². The van der Waals surface area contributed by atoms with Gasteiger partial charge in [0.05, 0.1) is 0 Å². The highest BCUT2D eigenvalue weighted by Gasteiger charge is 2.18. The first-order chi connectivity index (χ1) is 9.20. The third-order valence-corrected chi connectivity index (χ3v) is 3.44. The van der Waals surface area contributed by atoms with Crippen LogP contribution in [0.4, 0.5) is 0 Å². The van der Waals surface area contributed by atoms with Crippen LogP contribution in [0.5, 0.6) is 0 Å². The minimum absolute atomic E-state index is 0.0376. The van der Waals surface area contributed by atoms with Gasteiger partial charge in [0.25, 0.3) is 0 Å². The summed E-state index contributed by atoms with van der Waals surface area (Å²) >= 11 is 0. The molecule has 19 heavy (non-hydrogen) atoms. The van der Waals surface area contributed by atoms with Crippen LogP contribution in [0.2, 0.25) is 0 Å². The molecule has 6 heteroatoms. The summed E-state index contributed by atoms with van der Waals surface area (Å²) in [4.78, 5) is 6.39. The molecule has 104 valence electrons. The van der Waals surface area contributed by atoms with E-state index in [1.807, 2.05) is 12.1 Å². The Kier molecular flexibility index (Phi) is 4.70. The Labute approximate surface area is 112 Å². The number of nitrogens with zero attached hydrogens (tertiary/aromatic N) is 3. The second kappa shape index (κ2) is 6.49. The van der Waals surface area contributed by atoms with Crippen molar-refractivity contribution in [2.75, 3.05) is 20.3 Å². The summed E-state index contributed by atoms with van der Waals surface area (Å²) in [5, 5.41) is 11.6. The molecule has 3 N–H and O–H groups in total. The van der Waals surface area contributed by atoms with Gasteiger partial charge in [0.15, 0.2) is 5.84 Å². The van der Waals surface area contributed by atoms with Crippen molar-refractivity contribution in [1.82, 2.24) is 9.88 Å². The molecule has 1 aromatic rings. The van der Waals surface area contributed by atoms with E-state index in [4.69, 9.17) is 15.7 Å². The van der Waals surface area contributed by atoms with Gasteiger partial charge in [-0.05, 0) is 37.6 Å². The van der Waals surface area contributed by atoms with Crippen LogP contribution >= 0.6 is 0 Å². The lowest BCUT2D eigenvalue weighted by Crippen LogP contribution is -2.36. The van der Waals surface area contributed by atoms with Gasteiger partial charge in [-0.2, -0.15) is 0 Å². The first kappa shape index (κ1) is 13.8. The van der Waals surface area contributed by atoms with Crippen LogP contribution in [0.15, 0.2) is 23.5 Å². The van der Waals surface area contributed by atoms with E-state index in [2.05, 4.69) is 22.1 Å². The Morgan fingerprint density at radius 3 is 3.00 bits per heavy atom. The van der Waals surface area contributed by atoms with Crippen LogP contribution in [0.1, 0.15) is 24.1 Å². The average molecular weight is 264 g/mol. The minimum atomic E-state index is 0.0376. The van der Waals surface area contributed by atoms with Gasteiger partial charge < -0.3 is 15.7 Å². The molecule has 0 unspecified atom stereocenters. The zero-order chi connectivity index (χ0) is 13.7. The summed E-state index contributed by atoms with van der Waals surface area (Å²) in [6.45, 7) is 2.49. The Morgan fingerprint density at radius 2 is 2.32 bits per heavy atom. The van der Waals surface area contributed by atoms with Crippen molar-refractivity contribution >= 4 is 5.84 Å². The summed E-state index contributed by atoms with van der Waals surface area (Å²) in [6.07, 6.45) is 3.81. The van der Waals surface area contributed by atoms with Crippen LogP contribution in [0, 0.1) is 0 Å². The van der Waals surface area contributed by atoms with Gasteiger partial charge in [-0.1, -0.05) is 5.16 Å². The number of pyridine rings is 1. The maximum Gasteiger partial charge on any atom is 0.188 e. The lowest BCUT2D eigenvalue weighted by Gasteiger charge is -2.31. The number of rotatable bonds is 4. The molecule has 0 amide bonds. The molecule has 2 heterocycles. The molecule has 0 radical (unpaired) electrons. The lowest BCUT2D eigenvalue weighted by molar-refractivity contribution is 0.0407. The largest absolute Gasteiger partial charge is 0.409 e. The monoisotopic (exact) mass is 264 g/mol. The van der Waals surface area contributed by atoms with E-state index in [0.717, 1.165) is 38.2 Å². The van der Waals surface area contributed by atoms with Crippen LogP contribution in [-0.2, 0) is 11.3 Å².